The van der Waals surface area contributed by atoms with Gasteiger partial charge in [0, 0.05) is 18.3 Å². The van der Waals surface area contributed by atoms with Gasteiger partial charge in [-0.3, -0.25) is 0 Å². The normalized spacial score (nSPS) is 17.1. The van der Waals surface area contributed by atoms with Crippen molar-refractivity contribution in [2.24, 2.45) is 5.41 Å². The Morgan fingerprint density at radius 1 is 1.06 bits per heavy atom. The van der Waals surface area contributed by atoms with E-state index in [-0.39, 0.29) is 11.0 Å². The van der Waals surface area contributed by atoms with Gasteiger partial charge >= 0.3 is 0 Å². The molecule has 1 rings (SSSR count). The third-order valence-electron chi connectivity index (χ3n) is 3.86. The van der Waals surface area contributed by atoms with Crippen molar-refractivity contribution in [3.05, 3.63) is 35.6 Å². The summed E-state index contributed by atoms with van der Waals surface area (Å²) in [6.07, 6.45) is 6.76. The summed E-state index contributed by atoms with van der Waals surface area (Å²) >= 11 is 0. The average Bonchev–Trinajstić information content (AvgIpc) is 2.25. The molecule has 0 unspecified atom stereocenters. The van der Waals surface area contributed by atoms with Crippen molar-refractivity contribution in [1.82, 2.24) is 4.90 Å². The molecule has 0 radical (unpaired) electrons. The van der Waals surface area contributed by atoms with Gasteiger partial charge in [0.25, 0.3) is 0 Å². The second-order valence-electron chi connectivity index (χ2n) is 7.31. The molecule has 0 bridgehead atoms. The summed E-state index contributed by atoms with van der Waals surface area (Å²) in [5.74, 6) is 0. The highest BCUT2D eigenvalue weighted by Gasteiger charge is 2.23. The van der Waals surface area contributed by atoms with Crippen molar-refractivity contribution in [3.8, 4) is 0 Å². The van der Waals surface area contributed by atoms with Crippen molar-refractivity contribution in [2.45, 2.75) is 59.9 Å². The zero-order valence-corrected chi connectivity index (χ0v) is 13.2. The first kappa shape index (κ1) is 15.1. The van der Waals surface area contributed by atoms with Crippen LogP contribution in [0.4, 0.5) is 0 Å². The molecule has 0 N–H and O–H groups in total. The fourth-order valence-electron chi connectivity index (χ4n) is 2.07. The largest absolute Gasteiger partial charge is 0.373 e. The third-order valence-corrected chi connectivity index (χ3v) is 3.86. The van der Waals surface area contributed by atoms with E-state index in [4.69, 9.17) is 0 Å². The Morgan fingerprint density at radius 3 is 1.94 bits per heavy atom. The van der Waals surface area contributed by atoms with Crippen LogP contribution in [-0.4, -0.2) is 17.5 Å². The minimum atomic E-state index is 0.174. The fraction of sp³-hybridized carbons (Fsp3) is 0.647. The zero-order valence-electron chi connectivity index (χ0n) is 13.2. The summed E-state index contributed by atoms with van der Waals surface area (Å²) in [5, 5.41) is 0. The van der Waals surface area contributed by atoms with E-state index in [1.54, 1.807) is 0 Å². The summed E-state index contributed by atoms with van der Waals surface area (Å²) in [4.78, 5) is 2.38. The second kappa shape index (κ2) is 4.95. The molecule has 0 aliphatic heterocycles. The molecule has 1 nitrogen and oxygen atoms in total. The Labute approximate surface area is 113 Å². The van der Waals surface area contributed by atoms with Crippen LogP contribution < -0.4 is 0 Å². The van der Waals surface area contributed by atoms with Gasteiger partial charge in [-0.1, -0.05) is 33.4 Å². The Kier molecular flexibility index (Phi) is 4.15. The maximum Gasteiger partial charge on any atom is 0.0311 e. The highest BCUT2D eigenvalue weighted by molar-refractivity contribution is 5.39. The molecule has 0 saturated heterocycles. The van der Waals surface area contributed by atoms with Gasteiger partial charge in [-0.05, 0) is 56.3 Å². The standard InChI is InChI=1S/C17H29N/c1-13(16(2,3)4)14-9-11-15(12-10-14)18(8)17(5,6)7/h9,11H,1,10,12H2,2-8H3. The van der Waals surface area contributed by atoms with E-state index in [1.807, 2.05) is 0 Å². The Balaban J connectivity index is 2.87. The molecule has 0 heterocycles. The molecule has 1 aliphatic rings. The smallest absolute Gasteiger partial charge is 0.0311 e. The quantitative estimate of drug-likeness (QED) is 0.669. The molecule has 0 aromatic rings. The maximum atomic E-state index is 4.26. The first-order valence-electron chi connectivity index (χ1n) is 6.87. The molecular weight excluding hydrogens is 218 g/mol. The van der Waals surface area contributed by atoms with Gasteiger partial charge in [0.2, 0.25) is 0 Å². The van der Waals surface area contributed by atoms with Gasteiger partial charge in [-0.25, -0.2) is 0 Å². The monoisotopic (exact) mass is 247 g/mol. The minimum Gasteiger partial charge on any atom is -0.373 e. The lowest BCUT2D eigenvalue weighted by Crippen LogP contribution is -2.37. The van der Waals surface area contributed by atoms with E-state index in [1.165, 1.54) is 16.8 Å². The van der Waals surface area contributed by atoms with Gasteiger partial charge in [0.1, 0.15) is 0 Å². The van der Waals surface area contributed by atoms with E-state index in [0.717, 1.165) is 12.8 Å². The number of hydrogen-bond acceptors (Lipinski definition) is 1. The third kappa shape index (κ3) is 3.51. The lowest BCUT2D eigenvalue weighted by atomic mass is 9.80. The van der Waals surface area contributed by atoms with Crippen LogP contribution in [0.2, 0.25) is 0 Å². The lowest BCUT2D eigenvalue weighted by Gasteiger charge is -2.37. The van der Waals surface area contributed by atoms with E-state index >= 15 is 0 Å². The summed E-state index contributed by atoms with van der Waals surface area (Å²) in [5.41, 5.74) is 4.48. The summed E-state index contributed by atoms with van der Waals surface area (Å²) in [6, 6.07) is 0. The van der Waals surface area contributed by atoms with Gasteiger partial charge < -0.3 is 4.90 Å². The van der Waals surface area contributed by atoms with Gasteiger partial charge in [0.15, 0.2) is 0 Å². The van der Waals surface area contributed by atoms with E-state index in [9.17, 15) is 0 Å². The number of rotatable bonds is 2. The Hall–Kier alpha value is -0.980. The van der Waals surface area contributed by atoms with Gasteiger partial charge in [-0.2, -0.15) is 0 Å². The van der Waals surface area contributed by atoms with Crippen molar-refractivity contribution in [1.29, 1.82) is 0 Å². The molecule has 0 spiro atoms. The molecule has 0 aromatic heterocycles. The lowest BCUT2D eigenvalue weighted by molar-refractivity contribution is 0.220. The van der Waals surface area contributed by atoms with Crippen LogP contribution in [0.3, 0.4) is 0 Å². The van der Waals surface area contributed by atoms with E-state index in [2.05, 4.69) is 72.2 Å². The summed E-state index contributed by atoms with van der Waals surface area (Å²) in [6.45, 7) is 17.7. The van der Waals surface area contributed by atoms with Crippen LogP contribution in [0, 0.1) is 5.41 Å². The first-order valence-corrected chi connectivity index (χ1v) is 6.87. The number of hydrogen-bond donors (Lipinski definition) is 0. The highest BCUT2D eigenvalue weighted by atomic mass is 15.2. The van der Waals surface area contributed by atoms with E-state index < -0.39 is 0 Å². The highest BCUT2D eigenvalue weighted by Crippen LogP contribution is 2.35. The molecule has 102 valence electrons. The fourth-order valence-corrected chi connectivity index (χ4v) is 2.07. The van der Waals surface area contributed by atoms with Crippen LogP contribution in [0.1, 0.15) is 54.4 Å². The van der Waals surface area contributed by atoms with Crippen molar-refractivity contribution in [2.75, 3.05) is 7.05 Å². The van der Waals surface area contributed by atoms with Crippen molar-refractivity contribution < 1.29 is 0 Å². The van der Waals surface area contributed by atoms with Crippen molar-refractivity contribution >= 4 is 0 Å². The SMILES string of the molecule is C=C(C1=CC=C(N(C)C(C)(C)C)CC1)C(C)(C)C. The number of nitrogens with zero attached hydrogens (tertiary/aromatic N) is 1. The molecule has 1 aliphatic carbocycles. The number of allylic oxidation sites excluding steroid dienone is 5. The van der Waals surface area contributed by atoms with Crippen LogP contribution in [-0.2, 0) is 0 Å². The average molecular weight is 247 g/mol. The summed E-state index contributed by atoms with van der Waals surface area (Å²) < 4.78 is 0. The second-order valence-corrected chi connectivity index (χ2v) is 7.31. The predicted octanol–water partition coefficient (Wildman–Crippen LogP) is 4.92. The molecule has 0 amide bonds. The topological polar surface area (TPSA) is 3.24 Å². The molecule has 0 atom stereocenters. The first-order chi connectivity index (χ1) is 8.03. The van der Waals surface area contributed by atoms with Gasteiger partial charge in [0.05, 0.1) is 0 Å². The molecule has 18 heavy (non-hydrogen) atoms. The molecule has 0 aromatic carbocycles. The zero-order chi connectivity index (χ0) is 14.1. The van der Waals surface area contributed by atoms with Crippen LogP contribution in [0.25, 0.3) is 0 Å². The Bertz CT molecular complexity index is 383. The van der Waals surface area contributed by atoms with Gasteiger partial charge in [-0.15, -0.1) is 0 Å². The van der Waals surface area contributed by atoms with E-state index in [0.29, 0.717) is 0 Å². The summed E-state index contributed by atoms with van der Waals surface area (Å²) in [7, 11) is 2.18. The van der Waals surface area contributed by atoms with Crippen molar-refractivity contribution in [3.63, 3.8) is 0 Å². The molecule has 0 saturated carbocycles. The minimum absolute atomic E-state index is 0.174. The Morgan fingerprint density at radius 2 is 1.61 bits per heavy atom. The van der Waals surface area contributed by atoms with Crippen LogP contribution in [0.5, 0.6) is 0 Å². The van der Waals surface area contributed by atoms with Crippen LogP contribution in [0.15, 0.2) is 35.6 Å². The molecule has 1 heteroatoms. The van der Waals surface area contributed by atoms with Crippen LogP contribution >= 0.6 is 0 Å². The maximum absolute atomic E-state index is 4.26. The predicted molar refractivity (Wildman–Crippen MR) is 81.5 cm³/mol. The molecule has 0 fully saturated rings. The molecular formula is C17H29N.